The summed E-state index contributed by atoms with van der Waals surface area (Å²) in [6.45, 7) is 2.70. The van der Waals surface area contributed by atoms with Crippen molar-refractivity contribution in [2.75, 3.05) is 11.9 Å². The first-order chi connectivity index (χ1) is 8.61. The minimum absolute atomic E-state index is 0.659. The van der Waals surface area contributed by atoms with E-state index in [4.69, 9.17) is 0 Å². The lowest BCUT2D eigenvalue weighted by molar-refractivity contribution is 0.888. The predicted molar refractivity (Wildman–Crippen MR) is 77.8 cm³/mol. The van der Waals surface area contributed by atoms with E-state index in [1.54, 1.807) is 11.3 Å². The molecule has 3 nitrogen and oxygen atoms in total. The van der Waals surface area contributed by atoms with Gasteiger partial charge in [0.15, 0.2) is 0 Å². The van der Waals surface area contributed by atoms with Gasteiger partial charge in [-0.15, -0.1) is 11.3 Å². The van der Waals surface area contributed by atoms with Gasteiger partial charge >= 0.3 is 0 Å². The Bertz CT molecular complexity index is 601. The lowest BCUT2D eigenvalue weighted by Crippen LogP contribution is -2.17. The average molecular weight is 322 g/mol. The number of thiazole rings is 1. The molecule has 0 bridgehead atoms. The van der Waals surface area contributed by atoms with Crippen LogP contribution in [0.2, 0.25) is 0 Å². The summed E-state index contributed by atoms with van der Waals surface area (Å²) < 4.78 is 0.823. The first-order valence-electron chi connectivity index (χ1n) is 5.42. The van der Waals surface area contributed by atoms with Crippen molar-refractivity contribution < 1.29 is 0 Å². The molecule has 0 aliphatic carbocycles. The van der Waals surface area contributed by atoms with E-state index in [1.165, 1.54) is 0 Å². The van der Waals surface area contributed by atoms with Crippen LogP contribution in [-0.4, -0.2) is 12.0 Å². The first kappa shape index (κ1) is 13.1. The molecule has 0 atom stereocenters. The summed E-state index contributed by atoms with van der Waals surface area (Å²) in [5, 5.41) is 12.3. The molecule has 1 heterocycles. The third-order valence-electron chi connectivity index (χ3n) is 2.58. The van der Waals surface area contributed by atoms with Crippen LogP contribution in [0.1, 0.15) is 16.3 Å². The third-order valence-corrected chi connectivity index (χ3v) is 4.06. The number of hydrogen-bond acceptors (Lipinski definition) is 4. The van der Waals surface area contributed by atoms with Gasteiger partial charge in [0.2, 0.25) is 0 Å². The van der Waals surface area contributed by atoms with Gasteiger partial charge in [-0.2, -0.15) is 5.26 Å². The summed E-state index contributed by atoms with van der Waals surface area (Å²) in [5.41, 5.74) is 2.60. The highest BCUT2D eigenvalue weighted by molar-refractivity contribution is 9.10. The van der Waals surface area contributed by atoms with Crippen molar-refractivity contribution in [3.63, 3.8) is 0 Å². The van der Waals surface area contributed by atoms with Crippen LogP contribution < -0.4 is 4.90 Å². The molecule has 2 aromatic rings. The molecular weight excluding hydrogens is 310 g/mol. The van der Waals surface area contributed by atoms with Gasteiger partial charge in [-0.3, -0.25) is 0 Å². The second-order valence-corrected chi connectivity index (χ2v) is 5.88. The molecule has 0 spiro atoms. The Balaban J connectivity index is 2.27. The van der Waals surface area contributed by atoms with Crippen molar-refractivity contribution in [2.24, 2.45) is 0 Å². The Labute approximate surface area is 119 Å². The fraction of sp³-hybridized carbons (Fsp3) is 0.231. The van der Waals surface area contributed by atoms with Crippen LogP contribution in [0.15, 0.2) is 28.1 Å². The zero-order valence-electron chi connectivity index (χ0n) is 10.1. The quantitative estimate of drug-likeness (QED) is 0.864. The molecule has 0 amide bonds. The fourth-order valence-corrected chi connectivity index (χ4v) is 2.80. The van der Waals surface area contributed by atoms with Gasteiger partial charge in [0, 0.05) is 16.9 Å². The lowest BCUT2D eigenvalue weighted by Gasteiger charge is -2.19. The molecule has 0 aliphatic heterocycles. The highest BCUT2D eigenvalue weighted by Crippen LogP contribution is 2.27. The number of anilines is 1. The summed E-state index contributed by atoms with van der Waals surface area (Å²) in [6, 6.07) is 7.99. The van der Waals surface area contributed by atoms with E-state index in [0.717, 1.165) is 20.9 Å². The molecule has 92 valence electrons. The molecule has 0 aliphatic rings. The van der Waals surface area contributed by atoms with E-state index in [9.17, 15) is 5.26 Å². The number of aryl methyl sites for hydroxylation is 1. The average Bonchev–Trinajstić information content (AvgIpc) is 2.74. The van der Waals surface area contributed by atoms with Gasteiger partial charge in [-0.1, -0.05) is 6.07 Å². The lowest BCUT2D eigenvalue weighted by atomic mass is 10.2. The summed E-state index contributed by atoms with van der Waals surface area (Å²) in [7, 11) is 1.97. The van der Waals surface area contributed by atoms with Crippen molar-refractivity contribution in [1.29, 1.82) is 5.26 Å². The van der Waals surface area contributed by atoms with Gasteiger partial charge in [-0.05, 0) is 35.0 Å². The molecule has 18 heavy (non-hydrogen) atoms. The smallest absolute Gasteiger partial charge is 0.103 e. The van der Waals surface area contributed by atoms with E-state index in [-0.39, 0.29) is 0 Å². The Morgan fingerprint density at radius 2 is 2.28 bits per heavy atom. The maximum atomic E-state index is 9.20. The van der Waals surface area contributed by atoms with E-state index >= 15 is 0 Å². The van der Waals surface area contributed by atoms with Crippen molar-refractivity contribution >= 4 is 33.0 Å². The number of benzene rings is 1. The highest BCUT2D eigenvalue weighted by atomic mass is 79.9. The molecule has 0 fully saturated rings. The Kier molecular flexibility index (Phi) is 4.00. The largest absolute Gasteiger partial charge is 0.368 e. The number of nitrogens with zero attached hydrogens (tertiary/aromatic N) is 3. The molecule has 5 heteroatoms. The molecule has 0 saturated carbocycles. The predicted octanol–water partition coefficient (Wildman–Crippen LogP) is 3.72. The maximum Gasteiger partial charge on any atom is 0.103 e. The van der Waals surface area contributed by atoms with Crippen LogP contribution in [0.25, 0.3) is 0 Å². The molecule has 1 aromatic carbocycles. The van der Waals surface area contributed by atoms with Crippen molar-refractivity contribution in [3.8, 4) is 6.07 Å². The number of rotatable bonds is 3. The summed E-state index contributed by atoms with van der Waals surface area (Å²) in [5.74, 6) is 0. The summed E-state index contributed by atoms with van der Waals surface area (Å²) >= 11 is 5.05. The standard InChI is InChI=1S/C13H12BrN3S/c1-9-16-10(8-18-9)7-17(2)13-5-3-4-12(14)11(13)6-15/h3-5,8H,7H2,1-2H3. The number of nitriles is 1. The van der Waals surface area contributed by atoms with Crippen molar-refractivity contribution in [1.82, 2.24) is 4.98 Å². The van der Waals surface area contributed by atoms with Crippen LogP contribution in [-0.2, 0) is 6.54 Å². The first-order valence-corrected chi connectivity index (χ1v) is 7.10. The van der Waals surface area contributed by atoms with E-state index in [0.29, 0.717) is 12.1 Å². The Morgan fingerprint density at radius 1 is 1.50 bits per heavy atom. The van der Waals surface area contributed by atoms with E-state index in [2.05, 4.69) is 32.4 Å². The highest BCUT2D eigenvalue weighted by Gasteiger charge is 2.11. The monoisotopic (exact) mass is 321 g/mol. The van der Waals surface area contributed by atoms with Gasteiger partial charge in [0.05, 0.1) is 28.5 Å². The minimum Gasteiger partial charge on any atom is -0.368 e. The SMILES string of the molecule is Cc1nc(CN(C)c2cccc(Br)c2C#N)cs1. The zero-order valence-corrected chi connectivity index (χ0v) is 12.5. The van der Waals surface area contributed by atoms with Crippen LogP contribution in [0.5, 0.6) is 0 Å². The van der Waals surface area contributed by atoms with Crippen molar-refractivity contribution in [2.45, 2.75) is 13.5 Å². The second kappa shape index (κ2) is 5.51. The van der Waals surface area contributed by atoms with Gasteiger partial charge in [0.1, 0.15) is 6.07 Å². The Hall–Kier alpha value is -1.38. The molecule has 0 saturated heterocycles. The third kappa shape index (κ3) is 2.71. The van der Waals surface area contributed by atoms with Crippen LogP contribution in [0.4, 0.5) is 5.69 Å². The number of aromatic nitrogens is 1. The zero-order chi connectivity index (χ0) is 13.1. The fourth-order valence-electron chi connectivity index (χ4n) is 1.75. The molecule has 1 aromatic heterocycles. The van der Waals surface area contributed by atoms with E-state index in [1.807, 2.05) is 37.1 Å². The summed E-state index contributed by atoms with van der Waals surface area (Å²) in [6.07, 6.45) is 0. The second-order valence-electron chi connectivity index (χ2n) is 3.96. The van der Waals surface area contributed by atoms with Gasteiger partial charge in [-0.25, -0.2) is 4.98 Å². The minimum atomic E-state index is 0.659. The summed E-state index contributed by atoms with van der Waals surface area (Å²) in [4.78, 5) is 6.48. The van der Waals surface area contributed by atoms with Gasteiger partial charge < -0.3 is 4.90 Å². The van der Waals surface area contributed by atoms with Gasteiger partial charge in [0.25, 0.3) is 0 Å². The maximum absolute atomic E-state index is 9.20. The normalized spacial score (nSPS) is 10.1. The topological polar surface area (TPSA) is 39.9 Å². The van der Waals surface area contributed by atoms with Crippen LogP contribution in [0.3, 0.4) is 0 Å². The molecule has 0 unspecified atom stereocenters. The number of halogens is 1. The van der Waals surface area contributed by atoms with E-state index < -0.39 is 0 Å². The van der Waals surface area contributed by atoms with Crippen LogP contribution >= 0.6 is 27.3 Å². The molecule has 0 radical (unpaired) electrons. The Morgan fingerprint density at radius 3 is 2.89 bits per heavy atom. The molecule has 0 N–H and O–H groups in total. The number of hydrogen-bond donors (Lipinski definition) is 0. The van der Waals surface area contributed by atoms with Crippen LogP contribution in [0, 0.1) is 18.3 Å². The van der Waals surface area contributed by atoms with Crippen molar-refractivity contribution in [3.05, 3.63) is 44.3 Å². The molecular formula is C13H12BrN3S. The molecule has 2 rings (SSSR count).